The van der Waals surface area contributed by atoms with E-state index < -0.39 is 0 Å². The third kappa shape index (κ3) is 4.36. The highest BCUT2D eigenvalue weighted by Gasteiger charge is 2.20. The SMILES string of the molecule is COc1ccc(-n2c(SC(C)C(C)=O)nnc2-c2ccc(Br)cc2)cc1Cl. The Balaban J connectivity index is 2.15. The van der Waals surface area contributed by atoms with Crippen LogP contribution in [0.1, 0.15) is 13.8 Å². The molecule has 0 aliphatic rings. The molecule has 0 spiro atoms. The van der Waals surface area contributed by atoms with E-state index in [1.165, 1.54) is 11.8 Å². The van der Waals surface area contributed by atoms with Gasteiger partial charge in [-0.1, -0.05) is 51.4 Å². The maximum atomic E-state index is 11.7. The van der Waals surface area contributed by atoms with Crippen LogP contribution < -0.4 is 4.74 Å². The predicted octanol–water partition coefficient (Wildman–Crippen LogP) is 5.43. The Labute approximate surface area is 175 Å². The van der Waals surface area contributed by atoms with Crippen LogP contribution >= 0.6 is 39.3 Å². The number of ketones is 1. The molecule has 0 saturated carbocycles. The van der Waals surface area contributed by atoms with E-state index in [0.29, 0.717) is 21.8 Å². The minimum atomic E-state index is -0.237. The molecule has 1 atom stereocenters. The van der Waals surface area contributed by atoms with Gasteiger partial charge >= 0.3 is 0 Å². The maximum absolute atomic E-state index is 11.7. The number of halogens is 2. The molecule has 8 heteroatoms. The lowest BCUT2D eigenvalue weighted by Crippen LogP contribution is -2.10. The van der Waals surface area contributed by atoms with Crippen LogP contribution in [0.5, 0.6) is 5.75 Å². The molecule has 3 aromatic rings. The van der Waals surface area contributed by atoms with Gasteiger partial charge in [0, 0.05) is 10.0 Å². The highest BCUT2D eigenvalue weighted by atomic mass is 79.9. The lowest BCUT2D eigenvalue weighted by atomic mass is 10.2. The third-order valence-corrected chi connectivity index (χ3v) is 5.97. The number of carbonyl (C=O) groups excluding carboxylic acids is 1. The number of rotatable bonds is 6. The fourth-order valence-corrected chi connectivity index (χ4v) is 3.78. The highest BCUT2D eigenvalue weighted by Crippen LogP contribution is 2.33. The minimum absolute atomic E-state index is 0.0764. The van der Waals surface area contributed by atoms with Gasteiger partial charge in [0.15, 0.2) is 11.0 Å². The van der Waals surface area contributed by atoms with Gasteiger partial charge in [-0.3, -0.25) is 9.36 Å². The molecule has 0 radical (unpaired) electrons. The van der Waals surface area contributed by atoms with E-state index in [2.05, 4.69) is 26.1 Å². The van der Waals surface area contributed by atoms with Crippen molar-refractivity contribution in [2.45, 2.75) is 24.3 Å². The summed E-state index contributed by atoms with van der Waals surface area (Å²) in [4.78, 5) is 11.7. The van der Waals surface area contributed by atoms with Crippen molar-refractivity contribution in [3.8, 4) is 22.8 Å². The largest absolute Gasteiger partial charge is 0.495 e. The van der Waals surface area contributed by atoms with E-state index in [9.17, 15) is 4.79 Å². The number of thioether (sulfide) groups is 1. The summed E-state index contributed by atoms with van der Waals surface area (Å²) in [7, 11) is 1.57. The van der Waals surface area contributed by atoms with Gasteiger partial charge in [-0.15, -0.1) is 10.2 Å². The van der Waals surface area contributed by atoms with Crippen molar-refractivity contribution in [1.29, 1.82) is 0 Å². The normalized spacial score (nSPS) is 12.0. The predicted molar refractivity (Wildman–Crippen MR) is 112 cm³/mol. The van der Waals surface area contributed by atoms with E-state index in [1.807, 2.05) is 41.8 Å². The maximum Gasteiger partial charge on any atom is 0.196 e. The van der Waals surface area contributed by atoms with Crippen LogP contribution in [0.2, 0.25) is 5.02 Å². The Hall–Kier alpha value is -1.83. The van der Waals surface area contributed by atoms with Crippen LogP contribution in [-0.4, -0.2) is 32.9 Å². The summed E-state index contributed by atoms with van der Waals surface area (Å²) in [5.41, 5.74) is 1.70. The first-order valence-corrected chi connectivity index (χ1v) is 10.2. The molecule has 3 rings (SSSR count). The number of ether oxygens (including phenoxy) is 1. The number of hydrogen-bond acceptors (Lipinski definition) is 5. The van der Waals surface area contributed by atoms with Gasteiger partial charge in [-0.05, 0) is 44.2 Å². The van der Waals surface area contributed by atoms with Crippen molar-refractivity contribution in [2.75, 3.05) is 7.11 Å². The minimum Gasteiger partial charge on any atom is -0.495 e. The van der Waals surface area contributed by atoms with Crippen molar-refractivity contribution >= 4 is 45.1 Å². The number of Topliss-reactive ketones (excluding diaryl/α,β-unsaturated/α-hetero) is 1. The van der Waals surface area contributed by atoms with Gasteiger partial charge in [0.25, 0.3) is 0 Å². The summed E-state index contributed by atoms with van der Waals surface area (Å²) in [6, 6.07) is 13.3. The van der Waals surface area contributed by atoms with Crippen molar-refractivity contribution in [3.63, 3.8) is 0 Å². The molecule has 0 fully saturated rings. The molecule has 140 valence electrons. The van der Waals surface area contributed by atoms with E-state index in [1.54, 1.807) is 26.2 Å². The fraction of sp³-hybridized carbons (Fsp3) is 0.211. The molecule has 1 heterocycles. The van der Waals surface area contributed by atoms with Gasteiger partial charge in [0.1, 0.15) is 11.5 Å². The van der Waals surface area contributed by atoms with Crippen LogP contribution in [0.3, 0.4) is 0 Å². The Kier molecular flexibility index (Phi) is 6.24. The average molecular weight is 467 g/mol. The topological polar surface area (TPSA) is 57.0 Å². The molecule has 27 heavy (non-hydrogen) atoms. The molecular formula is C19H17BrClN3O2S. The Bertz CT molecular complexity index is 976. The Morgan fingerprint density at radius 1 is 1.22 bits per heavy atom. The van der Waals surface area contributed by atoms with E-state index in [0.717, 1.165) is 15.7 Å². The summed E-state index contributed by atoms with van der Waals surface area (Å²) < 4.78 is 8.12. The number of hydrogen-bond donors (Lipinski definition) is 0. The van der Waals surface area contributed by atoms with Gasteiger partial charge in [-0.25, -0.2) is 0 Å². The molecule has 0 aliphatic carbocycles. The van der Waals surface area contributed by atoms with E-state index in [4.69, 9.17) is 16.3 Å². The van der Waals surface area contributed by atoms with Gasteiger partial charge in [0.2, 0.25) is 0 Å². The van der Waals surface area contributed by atoms with Crippen molar-refractivity contribution in [2.24, 2.45) is 0 Å². The Morgan fingerprint density at radius 3 is 2.52 bits per heavy atom. The Morgan fingerprint density at radius 2 is 1.93 bits per heavy atom. The van der Waals surface area contributed by atoms with Crippen molar-refractivity contribution in [3.05, 3.63) is 52.0 Å². The zero-order valence-corrected chi connectivity index (χ0v) is 18.1. The summed E-state index contributed by atoms with van der Waals surface area (Å²) in [5.74, 6) is 1.33. The van der Waals surface area contributed by atoms with Crippen molar-refractivity contribution < 1.29 is 9.53 Å². The van der Waals surface area contributed by atoms with E-state index in [-0.39, 0.29) is 11.0 Å². The molecule has 0 aliphatic heterocycles. The second-order valence-electron chi connectivity index (χ2n) is 5.84. The summed E-state index contributed by atoms with van der Waals surface area (Å²) in [6.07, 6.45) is 0. The summed E-state index contributed by atoms with van der Waals surface area (Å²) >= 11 is 11.1. The van der Waals surface area contributed by atoms with Crippen LogP contribution in [0.15, 0.2) is 52.1 Å². The first-order valence-electron chi connectivity index (χ1n) is 8.13. The standard InChI is InChI=1S/C19H17BrClN3O2S/c1-11(25)12(2)27-19-23-22-18(13-4-6-14(20)7-5-13)24(19)15-8-9-17(26-3)16(21)10-15/h4-10,12H,1-3H3. The lowest BCUT2D eigenvalue weighted by Gasteiger charge is -2.13. The monoisotopic (exact) mass is 465 g/mol. The van der Waals surface area contributed by atoms with Crippen LogP contribution in [0.25, 0.3) is 17.1 Å². The molecule has 1 unspecified atom stereocenters. The first kappa shape index (κ1) is 19.9. The van der Waals surface area contributed by atoms with Crippen molar-refractivity contribution in [1.82, 2.24) is 14.8 Å². The van der Waals surface area contributed by atoms with Crippen LogP contribution in [-0.2, 0) is 4.79 Å². The van der Waals surface area contributed by atoms with Gasteiger partial charge in [-0.2, -0.15) is 0 Å². The molecule has 0 N–H and O–H groups in total. The van der Waals surface area contributed by atoms with Gasteiger partial charge < -0.3 is 4.74 Å². The summed E-state index contributed by atoms with van der Waals surface area (Å²) in [6.45, 7) is 3.42. The first-order chi connectivity index (χ1) is 12.9. The molecular weight excluding hydrogens is 450 g/mol. The number of benzene rings is 2. The van der Waals surface area contributed by atoms with Gasteiger partial charge in [0.05, 0.1) is 23.1 Å². The molecule has 5 nitrogen and oxygen atoms in total. The zero-order valence-electron chi connectivity index (χ0n) is 14.9. The molecule has 0 saturated heterocycles. The number of carbonyl (C=O) groups is 1. The quantitative estimate of drug-likeness (QED) is 0.453. The fourth-order valence-electron chi connectivity index (χ4n) is 2.40. The second-order valence-corrected chi connectivity index (χ2v) is 8.47. The number of nitrogens with zero attached hydrogens (tertiary/aromatic N) is 3. The third-order valence-electron chi connectivity index (χ3n) is 3.98. The summed E-state index contributed by atoms with van der Waals surface area (Å²) in [5, 5.41) is 9.56. The average Bonchev–Trinajstić information content (AvgIpc) is 3.05. The van der Waals surface area contributed by atoms with Crippen LogP contribution in [0.4, 0.5) is 0 Å². The smallest absolute Gasteiger partial charge is 0.196 e. The molecule has 1 aromatic heterocycles. The highest BCUT2D eigenvalue weighted by molar-refractivity contribution is 9.10. The lowest BCUT2D eigenvalue weighted by molar-refractivity contribution is -0.116. The number of methoxy groups -OCH3 is 1. The van der Waals surface area contributed by atoms with E-state index >= 15 is 0 Å². The number of aromatic nitrogens is 3. The molecule has 0 bridgehead atoms. The second kappa shape index (κ2) is 8.46. The zero-order chi connectivity index (χ0) is 19.6. The molecule has 0 amide bonds. The van der Waals surface area contributed by atoms with Crippen LogP contribution in [0, 0.1) is 0 Å². The molecule has 2 aromatic carbocycles.